The third kappa shape index (κ3) is 4.74. The average molecular weight is 256 g/mol. The van der Waals surface area contributed by atoms with Crippen molar-refractivity contribution in [3.8, 4) is 0 Å². The molecule has 98 valence electrons. The molecule has 1 aromatic rings. The molecule has 0 saturated heterocycles. The molecule has 0 aromatic carbocycles. The van der Waals surface area contributed by atoms with Crippen LogP contribution in [0.1, 0.15) is 37.4 Å². The van der Waals surface area contributed by atoms with Crippen molar-refractivity contribution in [3.05, 3.63) is 16.1 Å². The van der Waals surface area contributed by atoms with Crippen molar-refractivity contribution in [2.24, 2.45) is 0 Å². The molecule has 0 radical (unpaired) electrons. The molecule has 4 heteroatoms. The van der Waals surface area contributed by atoms with Gasteiger partial charge in [-0.25, -0.2) is 4.98 Å². The number of nitrogens with zero attached hydrogens (tertiary/aromatic N) is 1. The molecule has 1 N–H and O–H groups in total. The van der Waals surface area contributed by atoms with Gasteiger partial charge >= 0.3 is 0 Å². The third-order valence-electron chi connectivity index (χ3n) is 2.87. The summed E-state index contributed by atoms with van der Waals surface area (Å²) in [5.74, 6) is 0. The van der Waals surface area contributed by atoms with Gasteiger partial charge in [0.15, 0.2) is 0 Å². The van der Waals surface area contributed by atoms with E-state index in [1.165, 1.54) is 5.01 Å². The number of ether oxygens (including phenoxy) is 1. The topological polar surface area (TPSA) is 34.2 Å². The summed E-state index contributed by atoms with van der Waals surface area (Å²) in [6.07, 6.45) is 3.41. The molecular formula is C13H24N2OS. The molecule has 0 amide bonds. The second-order valence-electron chi connectivity index (χ2n) is 4.33. The molecule has 2 atom stereocenters. The normalized spacial score (nSPS) is 14.8. The van der Waals surface area contributed by atoms with Crippen molar-refractivity contribution in [1.82, 2.24) is 10.3 Å². The van der Waals surface area contributed by atoms with E-state index in [-0.39, 0.29) is 6.10 Å². The fraction of sp³-hybridized carbons (Fsp3) is 0.769. The Morgan fingerprint density at radius 3 is 2.71 bits per heavy atom. The summed E-state index contributed by atoms with van der Waals surface area (Å²) >= 11 is 1.74. The zero-order chi connectivity index (χ0) is 12.7. The van der Waals surface area contributed by atoms with Gasteiger partial charge in [-0.3, -0.25) is 0 Å². The van der Waals surface area contributed by atoms with Gasteiger partial charge in [0.1, 0.15) is 0 Å². The van der Waals surface area contributed by atoms with E-state index in [1.807, 2.05) is 6.92 Å². The first-order chi connectivity index (χ1) is 8.21. The van der Waals surface area contributed by atoms with Crippen molar-refractivity contribution in [2.75, 3.05) is 13.7 Å². The molecule has 1 heterocycles. The monoisotopic (exact) mass is 256 g/mol. The van der Waals surface area contributed by atoms with E-state index < -0.39 is 0 Å². The Morgan fingerprint density at radius 1 is 1.47 bits per heavy atom. The largest absolute Gasteiger partial charge is 0.380 e. The highest BCUT2D eigenvalue weighted by molar-refractivity contribution is 7.09. The Morgan fingerprint density at radius 2 is 2.24 bits per heavy atom. The Labute approximate surface area is 109 Å². The van der Waals surface area contributed by atoms with E-state index in [4.69, 9.17) is 4.74 Å². The van der Waals surface area contributed by atoms with Gasteiger partial charge in [-0.15, -0.1) is 11.3 Å². The second kappa shape index (κ2) is 7.80. The van der Waals surface area contributed by atoms with Gasteiger partial charge in [-0.1, -0.05) is 13.8 Å². The minimum atomic E-state index is 0.269. The van der Waals surface area contributed by atoms with Crippen LogP contribution in [0, 0.1) is 6.92 Å². The van der Waals surface area contributed by atoms with Gasteiger partial charge < -0.3 is 10.1 Å². The van der Waals surface area contributed by atoms with Gasteiger partial charge in [0.25, 0.3) is 0 Å². The van der Waals surface area contributed by atoms with Gasteiger partial charge in [0, 0.05) is 30.6 Å². The van der Waals surface area contributed by atoms with Crippen LogP contribution in [0.15, 0.2) is 5.38 Å². The second-order valence-corrected chi connectivity index (χ2v) is 5.27. The fourth-order valence-corrected chi connectivity index (χ4v) is 2.80. The van der Waals surface area contributed by atoms with E-state index in [2.05, 4.69) is 29.5 Å². The number of hydrogen-bond donors (Lipinski definition) is 1. The Hall–Kier alpha value is -0.450. The summed E-state index contributed by atoms with van der Waals surface area (Å²) < 4.78 is 5.55. The summed E-state index contributed by atoms with van der Waals surface area (Å²) in [5, 5.41) is 6.88. The number of aryl methyl sites for hydroxylation is 1. The summed E-state index contributed by atoms with van der Waals surface area (Å²) in [4.78, 5) is 4.53. The molecule has 0 saturated carbocycles. The highest BCUT2D eigenvalue weighted by Crippen LogP contribution is 2.15. The van der Waals surface area contributed by atoms with Crippen LogP contribution in [0.25, 0.3) is 0 Å². The zero-order valence-electron chi connectivity index (χ0n) is 11.3. The van der Waals surface area contributed by atoms with Crippen molar-refractivity contribution in [3.63, 3.8) is 0 Å². The molecule has 2 unspecified atom stereocenters. The third-order valence-corrected chi connectivity index (χ3v) is 3.86. The number of methoxy groups -OCH3 is 1. The van der Waals surface area contributed by atoms with Crippen LogP contribution in [0.2, 0.25) is 0 Å². The summed E-state index contributed by atoms with van der Waals surface area (Å²) in [7, 11) is 1.79. The average Bonchev–Trinajstić information content (AvgIpc) is 2.73. The molecule has 1 rings (SSSR count). The van der Waals surface area contributed by atoms with Crippen LogP contribution in [0.5, 0.6) is 0 Å². The maximum absolute atomic E-state index is 5.55. The Balaban J connectivity index is 2.61. The molecule has 3 nitrogen and oxygen atoms in total. The first-order valence-electron chi connectivity index (χ1n) is 6.38. The van der Waals surface area contributed by atoms with Crippen LogP contribution in [0.3, 0.4) is 0 Å². The number of rotatable bonds is 8. The quantitative estimate of drug-likeness (QED) is 0.776. The number of hydrogen-bond acceptors (Lipinski definition) is 4. The zero-order valence-corrected chi connectivity index (χ0v) is 12.1. The van der Waals surface area contributed by atoms with E-state index in [9.17, 15) is 0 Å². The Kier molecular flexibility index (Phi) is 6.70. The van der Waals surface area contributed by atoms with E-state index in [0.717, 1.165) is 31.5 Å². The standard InChI is InChI=1S/C13H24N2OS/c1-5-7-14-11(12(6-2)16-4)8-13-15-10(3)9-17-13/h9,11-12,14H,5-8H2,1-4H3. The highest BCUT2D eigenvalue weighted by Gasteiger charge is 2.20. The predicted octanol–water partition coefficient (Wildman–Crippen LogP) is 2.79. The molecule has 0 bridgehead atoms. The van der Waals surface area contributed by atoms with Gasteiger partial charge in [-0.2, -0.15) is 0 Å². The molecule has 0 aliphatic rings. The van der Waals surface area contributed by atoms with Crippen molar-refractivity contribution >= 4 is 11.3 Å². The van der Waals surface area contributed by atoms with Crippen LogP contribution in [0.4, 0.5) is 0 Å². The minimum absolute atomic E-state index is 0.269. The van der Waals surface area contributed by atoms with Crippen molar-refractivity contribution < 1.29 is 4.74 Å². The van der Waals surface area contributed by atoms with Crippen LogP contribution < -0.4 is 5.32 Å². The highest BCUT2D eigenvalue weighted by atomic mass is 32.1. The first kappa shape index (κ1) is 14.6. The molecule has 0 aliphatic heterocycles. The summed E-state index contributed by atoms with van der Waals surface area (Å²) in [6.45, 7) is 7.43. The molecule has 1 aromatic heterocycles. The Bertz CT molecular complexity index is 310. The lowest BCUT2D eigenvalue weighted by Gasteiger charge is -2.25. The van der Waals surface area contributed by atoms with E-state index in [1.54, 1.807) is 18.4 Å². The van der Waals surface area contributed by atoms with Crippen LogP contribution in [-0.4, -0.2) is 30.8 Å². The lowest BCUT2D eigenvalue weighted by molar-refractivity contribution is 0.0653. The molecular weight excluding hydrogens is 232 g/mol. The number of aromatic nitrogens is 1. The van der Waals surface area contributed by atoms with Gasteiger partial charge in [0.2, 0.25) is 0 Å². The lowest BCUT2D eigenvalue weighted by atomic mass is 10.1. The predicted molar refractivity (Wildman–Crippen MR) is 73.7 cm³/mol. The van der Waals surface area contributed by atoms with E-state index >= 15 is 0 Å². The maximum atomic E-state index is 5.55. The van der Waals surface area contributed by atoms with Crippen molar-refractivity contribution in [1.29, 1.82) is 0 Å². The van der Waals surface area contributed by atoms with Gasteiger partial charge in [-0.05, 0) is 26.3 Å². The van der Waals surface area contributed by atoms with Crippen LogP contribution >= 0.6 is 11.3 Å². The summed E-state index contributed by atoms with van der Waals surface area (Å²) in [6, 6.07) is 0.371. The smallest absolute Gasteiger partial charge is 0.0944 e. The molecule has 0 fully saturated rings. The lowest BCUT2D eigenvalue weighted by Crippen LogP contribution is -2.42. The fourth-order valence-electron chi connectivity index (χ4n) is 1.96. The summed E-state index contributed by atoms with van der Waals surface area (Å²) in [5.41, 5.74) is 1.12. The van der Waals surface area contributed by atoms with Crippen molar-refractivity contribution in [2.45, 2.75) is 52.2 Å². The van der Waals surface area contributed by atoms with Gasteiger partial charge in [0.05, 0.1) is 11.1 Å². The minimum Gasteiger partial charge on any atom is -0.380 e. The molecule has 0 spiro atoms. The van der Waals surface area contributed by atoms with Crippen LogP contribution in [-0.2, 0) is 11.2 Å². The number of thiazole rings is 1. The SMILES string of the molecule is CCCNC(Cc1nc(C)cs1)C(CC)OC. The maximum Gasteiger partial charge on any atom is 0.0944 e. The first-order valence-corrected chi connectivity index (χ1v) is 7.26. The number of nitrogens with one attached hydrogen (secondary N) is 1. The molecule has 17 heavy (non-hydrogen) atoms. The molecule has 0 aliphatic carbocycles. The van der Waals surface area contributed by atoms with E-state index in [0.29, 0.717) is 6.04 Å².